The quantitative estimate of drug-likeness (QED) is 0.254. The van der Waals surface area contributed by atoms with Gasteiger partial charge in [0, 0.05) is 48.3 Å². The Morgan fingerprint density at radius 1 is 1.21 bits per heavy atom. The zero-order valence-electron chi connectivity index (χ0n) is 31.8. The van der Waals surface area contributed by atoms with Gasteiger partial charge >= 0.3 is 0 Å². The average molecular weight is 812 g/mol. The Morgan fingerprint density at radius 2 is 2.04 bits per heavy atom. The minimum Gasteiger partial charge on any atom is -0.490 e. The van der Waals surface area contributed by atoms with E-state index in [9.17, 15) is 29.1 Å². The van der Waals surface area contributed by atoms with Crippen molar-refractivity contribution < 1.29 is 43.3 Å². The number of nitrogens with zero attached hydrogens (tertiary/aromatic N) is 4. The van der Waals surface area contributed by atoms with Crippen LogP contribution in [0.5, 0.6) is 11.6 Å². The van der Waals surface area contributed by atoms with Crippen LogP contribution in [0, 0.1) is 17.8 Å². The number of halogens is 1. The molecule has 8 atom stereocenters. The number of aliphatic hydroxyl groups is 3. The molecule has 2 aliphatic carbocycles. The Hall–Kier alpha value is -3.99. The van der Waals surface area contributed by atoms with Crippen LogP contribution in [0.25, 0.3) is 0 Å². The van der Waals surface area contributed by atoms with Crippen molar-refractivity contribution in [3.8, 4) is 11.6 Å². The van der Waals surface area contributed by atoms with E-state index in [0.717, 1.165) is 32.1 Å². The molecule has 14 nitrogen and oxygen atoms in total. The van der Waals surface area contributed by atoms with Crippen LogP contribution in [0.1, 0.15) is 64.4 Å². The zero-order chi connectivity index (χ0) is 39.8. The summed E-state index contributed by atoms with van der Waals surface area (Å²) in [6.45, 7) is 2.53. The van der Waals surface area contributed by atoms with Gasteiger partial charge in [0.15, 0.2) is 0 Å². The molecule has 16 heteroatoms. The van der Waals surface area contributed by atoms with Gasteiger partial charge in [-0.15, -0.1) is 9.46 Å². The lowest BCUT2D eigenvalue weighted by Gasteiger charge is -2.45. The van der Waals surface area contributed by atoms with Crippen molar-refractivity contribution in [3.05, 3.63) is 82.0 Å². The molecule has 2 aromatic carbocycles. The predicted molar refractivity (Wildman–Crippen MR) is 211 cm³/mol. The lowest BCUT2D eigenvalue weighted by molar-refractivity contribution is -0.0266. The first-order valence-corrected chi connectivity index (χ1v) is 21.1. The number of aliphatic hydroxyl groups excluding tert-OH is 3. The standard InChI is InChI=1S/C40H50ClN5O9S/c1-24-21-56(52,44-38(51)31-18-45(2)42-39(31)53-3)43-37(50)26-7-12-36-33(16-26)46(22-40(23-55-36)14-4-5-25-15-28(41)8-10-32(25)40)17-27-6-9-30(27)34(49)11-13-35(24)54-20-29(48)19-47/h7-8,10-13,15-16,18,24,27,29-30,34-35,47-49H,4-6,9,14,17,19-23H2,1-3H3,(H,43,44,50,51,52)/b13-11+/t24-,27+,29?,30-,34+,35+,40+,56+/m1/s1. The van der Waals surface area contributed by atoms with Gasteiger partial charge in [-0.05, 0) is 85.4 Å². The first-order valence-electron chi connectivity index (χ1n) is 19.1. The van der Waals surface area contributed by atoms with Crippen molar-refractivity contribution in [1.82, 2.24) is 14.5 Å². The molecule has 3 heterocycles. The van der Waals surface area contributed by atoms with E-state index in [1.54, 1.807) is 44.3 Å². The fourth-order valence-electron chi connectivity index (χ4n) is 8.57. The topological polar surface area (TPSA) is 185 Å². The number of aryl methyl sites for hydroxylation is 2. The van der Waals surface area contributed by atoms with E-state index in [1.807, 2.05) is 12.1 Å². The summed E-state index contributed by atoms with van der Waals surface area (Å²) in [6, 6.07) is 11.1. The number of nitrogens with one attached hydrogen (secondary N) is 1. The number of benzene rings is 2. The summed E-state index contributed by atoms with van der Waals surface area (Å²) in [4.78, 5) is 30.1. The molecule has 0 saturated heterocycles. The molecule has 1 aromatic heterocycles. The number of amides is 2. The van der Waals surface area contributed by atoms with Gasteiger partial charge in [-0.3, -0.25) is 19.0 Å². The largest absolute Gasteiger partial charge is 0.490 e. The van der Waals surface area contributed by atoms with E-state index in [-0.39, 0.29) is 46.6 Å². The maximum absolute atomic E-state index is 14.9. The number of anilines is 1. The lowest BCUT2D eigenvalue weighted by atomic mass is 9.68. The number of carbonyl (C=O) groups is 2. The molecule has 2 amide bonds. The number of methoxy groups -OCH3 is 1. The molecular formula is C40H50ClN5O9S. The van der Waals surface area contributed by atoms with Crippen LogP contribution in [-0.2, 0) is 33.5 Å². The average Bonchev–Trinajstić information content (AvgIpc) is 3.47. The highest BCUT2D eigenvalue weighted by Crippen LogP contribution is 2.47. The second-order valence-corrected chi connectivity index (χ2v) is 18.1. The van der Waals surface area contributed by atoms with E-state index in [1.165, 1.54) is 29.1 Å². The molecule has 1 fully saturated rings. The number of carbonyl (C=O) groups excluding carboxylic acids is 2. The van der Waals surface area contributed by atoms with Gasteiger partial charge in [0.1, 0.15) is 27.3 Å². The second kappa shape index (κ2) is 16.5. The first-order chi connectivity index (χ1) is 26.8. The molecule has 302 valence electrons. The number of hydrogen-bond acceptors (Lipinski definition) is 11. The van der Waals surface area contributed by atoms with Crippen LogP contribution >= 0.6 is 11.6 Å². The van der Waals surface area contributed by atoms with E-state index in [4.69, 9.17) is 25.8 Å². The van der Waals surface area contributed by atoms with Gasteiger partial charge in [-0.25, -0.2) is 4.21 Å². The van der Waals surface area contributed by atoms with Crippen molar-refractivity contribution in [2.45, 2.75) is 62.8 Å². The maximum Gasteiger partial charge on any atom is 0.286 e. The third-order valence-electron chi connectivity index (χ3n) is 11.6. The molecule has 4 aliphatic rings. The van der Waals surface area contributed by atoms with Crippen LogP contribution in [-0.4, -0.2) is 105 Å². The van der Waals surface area contributed by atoms with Crippen molar-refractivity contribution >= 4 is 39.0 Å². The van der Waals surface area contributed by atoms with Gasteiger partial charge < -0.3 is 34.4 Å². The number of fused-ring (bicyclic) bond motifs is 4. The molecule has 2 bridgehead atoms. The molecule has 3 aromatic rings. The van der Waals surface area contributed by atoms with Gasteiger partial charge in [0.05, 0.1) is 50.6 Å². The number of aromatic nitrogens is 2. The van der Waals surface area contributed by atoms with Crippen LogP contribution in [0.3, 0.4) is 0 Å². The fourth-order valence-corrected chi connectivity index (χ4v) is 10.6. The van der Waals surface area contributed by atoms with Gasteiger partial charge in [-0.1, -0.05) is 36.7 Å². The number of hydrogen-bond donors (Lipinski definition) is 4. The van der Waals surface area contributed by atoms with Crippen LogP contribution < -0.4 is 19.1 Å². The Bertz CT molecular complexity index is 2120. The molecule has 56 heavy (non-hydrogen) atoms. The minimum absolute atomic E-state index is 0.00157. The normalized spacial score (nSPS) is 30.1. The smallest absolute Gasteiger partial charge is 0.286 e. The van der Waals surface area contributed by atoms with Crippen molar-refractivity contribution in [2.75, 3.05) is 50.7 Å². The molecule has 4 N–H and O–H groups in total. The van der Waals surface area contributed by atoms with E-state index in [0.29, 0.717) is 36.2 Å². The third kappa shape index (κ3) is 8.34. The van der Waals surface area contributed by atoms with Crippen molar-refractivity contribution in [2.24, 2.45) is 29.2 Å². The summed E-state index contributed by atoms with van der Waals surface area (Å²) in [5, 5.41) is 36.0. The molecule has 7 rings (SSSR count). The summed E-state index contributed by atoms with van der Waals surface area (Å²) in [5.41, 5.74) is 2.88. The summed E-state index contributed by atoms with van der Waals surface area (Å²) in [7, 11) is -0.931. The molecule has 1 unspecified atom stereocenters. The number of rotatable bonds is 7. The second-order valence-electron chi connectivity index (χ2n) is 15.6. The molecule has 0 radical (unpaired) electrons. The number of ether oxygens (including phenoxy) is 3. The highest BCUT2D eigenvalue weighted by molar-refractivity contribution is 7.92. The van der Waals surface area contributed by atoms with Crippen molar-refractivity contribution in [1.29, 1.82) is 0 Å². The predicted octanol–water partition coefficient (Wildman–Crippen LogP) is 3.84. The molecule has 1 saturated carbocycles. The summed E-state index contributed by atoms with van der Waals surface area (Å²) in [5.74, 6) is -1.97. The Kier molecular flexibility index (Phi) is 11.8. The van der Waals surface area contributed by atoms with Gasteiger partial charge in [0.25, 0.3) is 11.8 Å². The van der Waals surface area contributed by atoms with Gasteiger partial charge in [0.2, 0.25) is 5.88 Å². The summed E-state index contributed by atoms with van der Waals surface area (Å²) in [6.07, 6.45) is 6.34. The lowest BCUT2D eigenvalue weighted by Crippen LogP contribution is -2.49. The zero-order valence-corrected chi connectivity index (χ0v) is 33.4. The van der Waals surface area contributed by atoms with E-state index >= 15 is 0 Å². The highest BCUT2D eigenvalue weighted by Gasteiger charge is 2.44. The SMILES string of the molecule is COc1nn(C)cc1C(=O)N[S@@]1(=O)=NC(=O)c2ccc3c(c2)N(C[C@@H]2CC[C@H]2[C@@H](O)/C=C/[C@H](OCC(O)CO)[C@H](C)C1)C[C@@]1(CCCc2cc(Cl)ccc21)CO3. The highest BCUT2D eigenvalue weighted by atomic mass is 35.5. The summed E-state index contributed by atoms with van der Waals surface area (Å²) >= 11 is 6.45. The van der Waals surface area contributed by atoms with E-state index < -0.39 is 52.6 Å². The molecule has 2 aliphatic heterocycles. The fraction of sp³-hybridized carbons (Fsp3) is 0.525. The Balaban J connectivity index is 1.32. The Labute approximate surface area is 332 Å². The Morgan fingerprint density at radius 3 is 2.79 bits per heavy atom. The van der Waals surface area contributed by atoms with Crippen molar-refractivity contribution in [3.63, 3.8) is 0 Å². The first kappa shape index (κ1) is 40.2. The van der Waals surface area contributed by atoms with Crippen LogP contribution in [0.15, 0.2) is 59.1 Å². The maximum atomic E-state index is 14.9. The monoisotopic (exact) mass is 811 g/mol. The molecular weight excluding hydrogens is 762 g/mol. The third-order valence-corrected chi connectivity index (χ3v) is 13.8. The summed E-state index contributed by atoms with van der Waals surface area (Å²) < 4.78 is 40.9. The van der Waals surface area contributed by atoms with Gasteiger partial charge in [-0.2, -0.15) is 0 Å². The minimum atomic E-state index is -3.89. The van der Waals surface area contributed by atoms with Crippen LogP contribution in [0.4, 0.5) is 5.69 Å². The van der Waals surface area contributed by atoms with Crippen LogP contribution in [0.2, 0.25) is 5.02 Å². The van der Waals surface area contributed by atoms with E-state index in [2.05, 4.69) is 25.1 Å². The molecule has 1 spiro atoms.